The van der Waals surface area contributed by atoms with Gasteiger partial charge in [-0.1, -0.05) is 46.3 Å². The van der Waals surface area contributed by atoms with Crippen LogP contribution in [0.2, 0.25) is 0 Å². The maximum atomic E-state index is 9.06. The van der Waals surface area contributed by atoms with Crippen molar-refractivity contribution in [2.75, 3.05) is 0 Å². The molecule has 2 atom stereocenters. The first-order valence-electron chi connectivity index (χ1n) is 9.78. The Kier molecular flexibility index (Phi) is 5.66. The van der Waals surface area contributed by atoms with Crippen molar-refractivity contribution in [1.82, 2.24) is 15.1 Å². The maximum absolute atomic E-state index is 9.06. The molecule has 4 nitrogen and oxygen atoms in total. The van der Waals surface area contributed by atoms with Crippen LogP contribution in [0, 0.1) is 25.2 Å². The van der Waals surface area contributed by atoms with Crippen LogP contribution in [0.3, 0.4) is 0 Å². The van der Waals surface area contributed by atoms with E-state index < -0.39 is 0 Å². The van der Waals surface area contributed by atoms with Gasteiger partial charge in [0.25, 0.3) is 0 Å². The summed E-state index contributed by atoms with van der Waals surface area (Å²) in [6.07, 6.45) is 5.57. The van der Waals surface area contributed by atoms with Crippen LogP contribution >= 0.6 is 15.9 Å². The number of nitrogens with zero attached hydrogens (tertiary/aromatic N) is 3. The molecule has 0 bridgehead atoms. The van der Waals surface area contributed by atoms with Crippen LogP contribution < -0.4 is 5.32 Å². The minimum atomic E-state index is 0.318. The van der Waals surface area contributed by atoms with Gasteiger partial charge < -0.3 is 5.32 Å². The Morgan fingerprint density at radius 3 is 2.79 bits per heavy atom. The Hall–Kier alpha value is -2.68. The first kappa shape index (κ1) is 19.6. The highest BCUT2D eigenvalue weighted by Crippen LogP contribution is 2.34. The Morgan fingerprint density at radius 2 is 2.00 bits per heavy atom. The molecule has 5 heteroatoms. The molecule has 0 spiro atoms. The molecular formula is C24H23BrN4. The summed E-state index contributed by atoms with van der Waals surface area (Å²) in [7, 11) is 0. The van der Waals surface area contributed by atoms with Crippen LogP contribution in [0.1, 0.15) is 40.4 Å². The zero-order valence-electron chi connectivity index (χ0n) is 16.6. The van der Waals surface area contributed by atoms with E-state index in [1.54, 1.807) is 0 Å². The molecule has 4 rings (SSSR count). The van der Waals surface area contributed by atoms with E-state index in [-0.39, 0.29) is 0 Å². The van der Waals surface area contributed by atoms with Crippen molar-refractivity contribution in [3.8, 4) is 11.8 Å². The van der Waals surface area contributed by atoms with Gasteiger partial charge in [-0.05, 0) is 56.2 Å². The lowest BCUT2D eigenvalue weighted by Gasteiger charge is -2.15. The van der Waals surface area contributed by atoms with Crippen LogP contribution in [0.15, 0.2) is 65.2 Å². The lowest BCUT2D eigenvalue weighted by molar-refractivity contribution is 0.559. The molecule has 0 amide bonds. The summed E-state index contributed by atoms with van der Waals surface area (Å²) in [4.78, 5) is 0. The van der Waals surface area contributed by atoms with Gasteiger partial charge in [0.2, 0.25) is 0 Å². The fourth-order valence-corrected chi connectivity index (χ4v) is 4.50. The van der Waals surface area contributed by atoms with Crippen LogP contribution in [0.5, 0.6) is 0 Å². The molecule has 3 aromatic rings. The number of nitrogens with one attached hydrogen (secondary N) is 1. The van der Waals surface area contributed by atoms with Crippen LogP contribution in [0.25, 0.3) is 5.69 Å². The van der Waals surface area contributed by atoms with Gasteiger partial charge in [-0.25, -0.2) is 4.68 Å². The Bertz CT molecular complexity index is 1110. The molecule has 0 fully saturated rings. The standard InChI is InChI=1S/C24H23BrN4/c1-16-24(17(2)29(28-16)23-8-4-7-21(25)13-23)20-9-10-22(12-20)27-15-19-6-3-5-18(11-19)14-26/h3-11,13,20,22,27H,12,15H2,1-2H3/t20-,22-/m1/s1. The lowest BCUT2D eigenvalue weighted by Crippen LogP contribution is -2.25. The predicted octanol–water partition coefficient (Wildman–Crippen LogP) is 5.33. The Balaban J connectivity index is 1.47. The molecule has 1 N–H and O–H groups in total. The molecule has 29 heavy (non-hydrogen) atoms. The number of hydrogen-bond donors (Lipinski definition) is 1. The van der Waals surface area contributed by atoms with Crippen LogP contribution in [-0.2, 0) is 6.54 Å². The molecular weight excluding hydrogens is 424 g/mol. The third-order valence-corrected chi connectivity index (χ3v) is 5.97. The molecule has 1 aromatic heterocycles. The third kappa shape index (κ3) is 4.19. The van der Waals surface area contributed by atoms with Gasteiger partial charge in [-0.2, -0.15) is 10.4 Å². The summed E-state index contributed by atoms with van der Waals surface area (Å²) in [6, 6.07) is 18.5. The Labute approximate surface area is 180 Å². The van der Waals surface area contributed by atoms with Gasteiger partial charge in [0.05, 0.1) is 23.0 Å². The number of nitriles is 1. The van der Waals surface area contributed by atoms with Crippen LogP contribution in [-0.4, -0.2) is 15.8 Å². The number of aryl methyl sites for hydroxylation is 1. The summed E-state index contributed by atoms with van der Waals surface area (Å²) in [5.74, 6) is 0.360. The zero-order valence-corrected chi connectivity index (χ0v) is 18.1. The average Bonchev–Trinajstić information content (AvgIpc) is 3.30. The summed E-state index contributed by atoms with van der Waals surface area (Å²) < 4.78 is 3.09. The van der Waals surface area contributed by atoms with Gasteiger partial charge in [-0.3, -0.25) is 0 Å². The highest BCUT2D eigenvalue weighted by molar-refractivity contribution is 9.10. The van der Waals surface area contributed by atoms with Crippen molar-refractivity contribution in [2.45, 2.75) is 38.8 Å². The van der Waals surface area contributed by atoms with Crippen molar-refractivity contribution >= 4 is 15.9 Å². The van der Waals surface area contributed by atoms with E-state index in [0.29, 0.717) is 17.5 Å². The molecule has 0 saturated carbocycles. The van der Waals surface area contributed by atoms with Crippen LogP contribution in [0.4, 0.5) is 0 Å². The molecule has 0 unspecified atom stereocenters. The SMILES string of the molecule is Cc1nn(-c2cccc(Br)c2)c(C)c1[C@@H]1C=C[C@@H](NCc2cccc(C#N)c2)C1. The second-order valence-electron chi connectivity index (χ2n) is 7.50. The van der Waals surface area contributed by atoms with Crippen molar-refractivity contribution in [1.29, 1.82) is 5.26 Å². The molecule has 1 heterocycles. The predicted molar refractivity (Wildman–Crippen MR) is 119 cm³/mol. The molecule has 0 aliphatic heterocycles. The number of halogens is 1. The first-order valence-corrected chi connectivity index (χ1v) is 10.6. The van der Waals surface area contributed by atoms with Gasteiger partial charge in [0, 0.05) is 34.2 Å². The van der Waals surface area contributed by atoms with E-state index in [1.165, 1.54) is 11.3 Å². The molecule has 0 saturated heterocycles. The quantitative estimate of drug-likeness (QED) is 0.539. The van der Waals surface area contributed by atoms with Gasteiger partial charge in [0.1, 0.15) is 0 Å². The van der Waals surface area contributed by atoms with Crippen molar-refractivity contribution < 1.29 is 0 Å². The second kappa shape index (κ2) is 8.36. The summed E-state index contributed by atoms with van der Waals surface area (Å²) >= 11 is 3.55. The number of benzene rings is 2. The highest BCUT2D eigenvalue weighted by atomic mass is 79.9. The largest absolute Gasteiger partial charge is 0.306 e. The fourth-order valence-electron chi connectivity index (χ4n) is 4.11. The zero-order chi connectivity index (χ0) is 20.4. The number of hydrogen-bond acceptors (Lipinski definition) is 3. The topological polar surface area (TPSA) is 53.6 Å². The van der Waals surface area contributed by atoms with Gasteiger partial charge in [-0.15, -0.1) is 0 Å². The molecule has 146 valence electrons. The normalized spacial score (nSPS) is 18.1. The van der Waals surface area contributed by atoms with Gasteiger partial charge >= 0.3 is 0 Å². The second-order valence-corrected chi connectivity index (χ2v) is 8.42. The minimum absolute atomic E-state index is 0.318. The number of allylic oxidation sites excluding steroid dienone is 1. The van der Waals surface area contributed by atoms with E-state index >= 15 is 0 Å². The van der Waals surface area contributed by atoms with E-state index in [1.807, 2.05) is 35.0 Å². The minimum Gasteiger partial charge on any atom is -0.306 e. The number of aromatic nitrogens is 2. The summed E-state index contributed by atoms with van der Waals surface area (Å²) in [5.41, 5.74) is 6.50. The molecule has 0 radical (unpaired) electrons. The van der Waals surface area contributed by atoms with Crippen molar-refractivity contribution in [3.63, 3.8) is 0 Å². The van der Waals surface area contributed by atoms with E-state index in [0.717, 1.165) is 34.4 Å². The summed E-state index contributed by atoms with van der Waals surface area (Å²) in [5, 5.41) is 17.5. The fraction of sp³-hybridized carbons (Fsp3) is 0.250. The smallest absolute Gasteiger partial charge is 0.0991 e. The monoisotopic (exact) mass is 446 g/mol. The van der Waals surface area contributed by atoms with Crippen molar-refractivity contribution in [3.05, 3.63) is 93.2 Å². The van der Waals surface area contributed by atoms with E-state index in [4.69, 9.17) is 10.4 Å². The first-order chi connectivity index (χ1) is 14.0. The molecule has 1 aliphatic rings. The Morgan fingerprint density at radius 1 is 1.17 bits per heavy atom. The van der Waals surface area contributed by atoms with E-state index in [9.17, 15) is 0 Å². The summed E-state index contributed by atoms with van der Waals surface area (Å²) in [6.45, 7) is 5.00. The molecule has 2 aromatic carbocycles. The van der Waals surface area contributed by atoms with E-state index in [2.05, 4.69) is 71.5 Å². The molecule has 1 aliphatic carbocycles. The maximum Gasteiger partial charge on any atom is 0.0991 e. The third-order valence-electron chi connectivity index (χ3n) is 5.48. The van der Waals surface area contributed by atoms with Gasteiger partial charge in [0.15, 0.2) is 0 Å². The average molecular weight is 447 g/mol. The lowest BCUT2D eigenvalue weighted by atomic mass is 9.96. The number of rotatable bonds is 5. The highest BCUT2D eigenvalue weighted by Gasteiger charge is 2.26. The van der Waals surface area contributed by atoms with Crippen molar-refractivity contribution in [2.24, 2.45) is 0 Å².